The van der Waals surface area contributed by atoms with Crippen LogP contribution >= 0.6 is 0 Å². The number of ether oxygens (including phenoxy) is 1. The number of imide groups is 1. The number of amides is 2. The highest BCUT2D eigenvalue weighted by molar-refractivity contribution is 6.37. The Kier molecular flexibility index (Phi) is 4.55. The Morgan fingerprint density at radius 3 is 2.08 bits per heavy atom. The quantitative estimate of drug-likeness (QED) is 0.240. The van der Waals surface area contributed by atoms with Crippen LogP contribution in [0.2, 0.25) is 0 Å². The van der Waals surface area contributed by atoms with Crippen LogP contribution in [-0.4, -0.2) is 33.9 Å². The Labute approximate surface area is 202 Å². The zero-order chi connectivity index (χ0) is 25.4. The Bertz CT molecular complexity index is 1480. The van der Waals surface area contributed by atoms with Crippen molar-refractivity contribution in [1.29, 1.82) is 0 Å². The normalized spacial score (nSPS) is 23.9. The zero-order valence-electron chi connectivity index (χ0n) is 18.3. The lowest BCUT2D eigenvalue weighted by molar-refractivity contribution is -0.387. The van der Waals surface area contributed by atoms with Crippen molar-refractivity contribution < 1.29 is 33.2 Å². The zero-order valence-corrected chi connectivity index (χ0v) is 18.3. The van der Waals surface area contributed by atoms with Crippen molar-refractivity contribution in [3.05, 3.63) is 105 Å². The van der Waals surface area contributed by atoms with Crippen LogP contribution in [0.4, 0.5) is 15.8 Å². The summed E-state index contributed by atoms with van der Waals surface area (Å²) in [5.41, 5.74) is -2.75. The van der Waals surface area contributed by atoms with Crippen molar-refractivity contribution in [2.45, 2.75) is 11.7 Å². The third-order valence-electron chi connectivity index (χ3n) is 7.03. The van der Waals surface area contributed by atoms with E-state index in [4.69, 9.17) is 4.74 Å². The van der Waals surface area contributed by atoms with Crippen molar-refractivity contribution in [3.63, 3.8) is 0 Å². The van der Waals surface area contributed by atoms with Crippen molar-refractivity contribution in [1.82, 2.24) is 0 Å². The maximum Gasteiger partial charge on any atom is 0.306 e. The minimum absolute atomic E-state index is 0.0890. The number of carbonyl (C=O) groups excluding carboxylic acids is 4. The van der Waals surface area contributed by atoms with Crippen molar-refractivity contribution in [3.8, 4) is 0 Å². The van der Waals surface area contributed by atoms with Gasteiger partial charge in [0, 0.05) is 17.2 Å². The number of nitro groups is 1. The fourth-order valence-electron chi connectivity index (χ4n) is 5.50. The van der Waals surface area contributed by atoms with Gasteiger partial charge in [-0.3, -0.25) is 29.3 Å². The molecule has 6 rings (SSSR count). The lowest BCUT2D eigenvalue weighted by Crippen LogP contribution is -2.51. The van der Waals surface area contributed by atoms with E-state index in [9.17, 15) is 33.7 Å². The van der Waals surface area contributed by atoms with Gasteiger partial charge in [0.2, 0.25) is 34.8 Å². The molecule has 3 aliphatic rings. The van der Waals surface area contributed by atoms with Crippen molar-refractivity contribution in [2.75, 3.05) is 4.90 Å². The van der Waals surface area contributed by atoms with E-state index >= 15 is 0 Å². The molecule has 2 saturated heterocycles. The molecule has 0 N–H and O–H groups in total. The monoisotopic (exact) mass is 486 g/mol. The molecule has 36 heavy (non-hydrogen) atoms. The van der Waals surface area contributed by atoms with Gasteiger partial charge in [0.15, 0.2) is 0 Å². The largest absolute Gasteiger partial charge is 0.349 e. The number of benzene rings is 3. The van der Waals surface area contributed by atoms with Crippen LogP contribution in [0, 0.1) is 27.8 Å². The van der Waals surface area contributed by atoms with E-state index in [1.54, 1.807) is 42.5 Å². The molecular weight excluding hydrogens is 471 g/mol. The Morgan fingerprint density at radius 1 is 0.861 bits per heavy atom. The second kappa shape index (κ2) is 7.46. The minimum atomic E-state index is -2.26. The van der Waals surface area contributed by atoms with Crippen LogP contribution < -0.4 is 4.90 Å². The highest BCUT2D eigenvalue weighted by Crippen LogP contribution is 2.57. The van der Waals surface area contributed by atoms with Crippen LogP contribution in [0.15, 0.2) is 72.8 Å². The number of Topliss-reactive ketones (excluding diaryl/α,β-unsaturated/α-hetero) is 2. The van der Waals surface area contributed by atoms with E-state index in [0.717, 1.165) is 18.2 Å². The molecule has 178 valence electrons. The molecule has 1 spiro atoms. The summed E-state index contributed by atoms with van der Waals surface area (Å²) in [5.74, 6) is -7.05. The molecule has 10 heteroatoms. The van der Waals surface area contributed by atoms with Crippen LogP contribution in [0.3, 0.4) is 0 Å². The number of anilines is 1. The summed E-state index contributed by atoms with van der Waals surface area (Å²) in [6.07, 6.45) is -1.12. The highest BCUT2D eigenvalue weighted by atomic mass is 19.1. The number of hydrogen-bond acceptors (Lipinski definition) is 7. The first-order valence-corrected chi connectivity index (χ1v) is 11.0. The predicted octanol–water partition coefficient (Wildman–Crippen LogP) is 3.43. The third kappa shape index (κ3) is 2.67. The Balaban J connectivity index is 1.54. The minimum Gasteiger partial charge on any atom is -0.349 e. The smallest absolute Gasteiger partial charge is 0.306 e. The molecule has 3 aromatic carbocycles. The molecular formula is C26H15FN2O7. The first-order valence-electron chi connectivity index (χ1n) is 11.0. The second-order valence-corrected chi connectivity index (χ2v) is 8.80. The molecule has 0 saturated carbocycles. The van der Waals surface area contributed by atoms with E-state index in [1.165, 1.54) is 12.1 Å². The molecule has 9 nitrogen and oxygen atoms in total. The fourth-order valence-corrected chi connectivity index (χ4v) is 5.50. The summed E-state index contributed by atoms with van der Waals surface area (Å²) >= 11 is 0. The molecule has 0 bridgehead atoms. The van der Waals surface area contributed by atoms with E-state index in [0.29, 0.717) is 10.5 Å². The molecule has 2 aliphatic heterocycles. The summed E-state index contributed by atoms with van der Waals surface area (Å²) in [6, 6.07) is 17.1. The summed E-state index contributed by atoms with van der Waals surface area (Å²) in [4.78, 5) is 65.8. The average Bonchev–Trinajstić information content (AvgIpc) is 3.45. The SMILES string of the molecule is O=C1[C@H]2[C@@H](c3ccccc3)OC3(C(=O)c4ccccc4C3=O)[C@H]2C(=O)N1c1ccc(F)c([N+](=O)[O-])c1. The van der Waals surface area contributed by atoms with Crippen molar-refractivity contribution >= 4 is 34.8 Å². The second-order valence-electron chi connectivity index (χ2n) is 8.80. The molecule has 0 radical (unpaired) electrons. The van der Waals surface area contributed by atoms with Gasteiger partial charge in [-0.1, -0.05) is 54.6 Å². The molecule has 2 amide bonds. The number of ketones is 2. The number of fused-ring (bicyclic) bond motifs is 3. The summed E-state index contributed by atoms with van der Waals surface area (Å²) in [6.45, 7) is 0. The third-order valence-corrected chi connectivity index (χ3v) is 7.03. The first kappa shape index (κ1) is 21.9. The van der Waals surface area contributed by atoms with E-state index < -0.39 is 63.3 Å². The van der Waals surface area contributed by atoms with Gasteiger partial charge in [0.25, 0.3) is 0 Å². The van der Waals surface area contributed by atoms with E-state index in [1.807, 2.05) is 0 Å². The standard InChI is InChI=1S/C26H15FN2O7/c27-17-11-10-14(12-18(17)29(34)35)28-24(32)19-20(25(28)33)26(36-21(19)13-6-2-1-3-7-13)22(30)15-8-4-5-9-16(15)23(26)31/h1-12,19-21H/t19-,20-,21-/m1/s1. The number of carbonyl (C=O) groups is 4. The van der Waals surface area contributed by atoms with Gasteiger partial charge in [0.05, 0.1) is 28.6 Å². The number of rotatable bonds is 3. The van der Waals surface area contributed by atoms with E-state index in [-0.39, 0.29) is 16.8 Å². The van der Waals surface area contributed by atoms with Crippen LogP contribution in [0.25, 0.3) is 0 Å². The van der Waals surface area contributed by atoms with Crippen LogP contribution in [0.1, 0.15) is 32.4 Å². The Morgan fingerprint density at radius 2 is 1.47 bits per heavy atom. The molecule has 1 aliphatic carbocycles. The summed E-state index contributed by atoms with van der Waals surface area (Å²) in [5, 5.41) is 11.3. The van der Waals surface area contributed by atoms with Gasteiger partial charge in [-0.2, -0.15) is 4.39 Å². The summed E-state index contributed by atoms with van der Waals surface area (Å²) < 4.78 is 20.1. The predicted molar refractivity (Wildman–Crippen MR) is 121 cm³/mol. The van der Waals surface area contributed by atoms with Gasteiger partial charge in [0.1, 0.15) is 0 Å². The van der Waals surface area contributed by atoms with Gasteiger partial charge in [-0.05, 0) is 17.7 Å². The molecule has 3 aromatic rings. The average molecular weight is 486 g/mol. The molecule has 3 atom stereocenters. The van der Waals surface area contributed by atoms with E-state index in [2.05, 4.69) is 0 Å². The summed E-state index contributed by atoms with van der Waals surface area (Å²) in [7, 11) is 0. The topological polar surface area (TPSA) is 124 Å². The van der Waals surface area contributed by atoms with Crippen molar-refractivity contribution in [2.24, 2.45) is 11.8 Å². The maximum absolute atomic E-state index is 14.0. The molecule has 2 heterocycles. The first-order chi connectivity index (χ1) is 17.3. The number of hydrogen-bond donors (Lipinski definition) is 0. The molecule has 2 fully saturated rings. The molecule has 0 aromatic heterocycles. The number of halogens is 1. The maximum atomic E-state index is 14.0. The van der Waals surface area contributed by atoms with Crippen LogP contribution in [-0.2, 0) is 14.3 Å². The highest BCUT2D eigenvalue weighted by Gasteiger charge is 2.74. The van der Waals surface area contributed by atoms with Gasteiger partial charge in [-0.25, -0.2) is 4.90 Å². The molecule has 0 unspecified atom stereocenters. The van der Waals surface area contributed by atoms with Gasteiger partial charge >= 0.3 is 5.69 Å². The fraction of sp³-hybridized carbons (Fsp3) is 0.154. The van der Waals surface area contributed by atoms with Gasteiger partial charge in [-0.15, -0.1) is 0 Å². The van der Waals surface area contributed by atoms with Crippen LogP contribution in [0.5, 0.6) is 0 Å². The Hall–Kier alpha value is -4.57. The lowest BCUT2D eigenvalue weighted by atomic mass is 9.77. The van der Waals surface area contributed by atoms with Gasteiger partial charge < -0.3 is 4.74 Å². The number of nitro benzene ring substituents is 1. The lowest BCUT2D eigenvalue weighted by Gasteiger charge is -2.27. The number of nitrogens with zero attached hydrogens (tertiary/aromatic N) is 2.